The lowest BCUT2D eigenvalue weighted by Crippen LogP contribution is -2.47. The highest BCUT2D eigenvalue weighted by Crippen LogP contribution is 2.16. The van der Waals surface area contributed by atoms with Crippen LogP contribution in [0, 0.1) is 5.92 Å². The van der Waals surface area contributed by atoms with Crippen molar-refractivity contribution in [3.63, 3.8) is 0 Å². The monoisotopic (exact) mass is 253 g/mol. The van der Waals surface area contributed by atoms with Gasteiger partial charge in [-0.3, -0.25) is 0 Å². The molecule has 1 unspecified atom stereocenters. The Labute approximate surface area is 111 Å². The molecule has 4 nitrogen and oxygen atoms in total. The molecule has 2 aliphatic heterocycles. The van der Waals surface area contributed by atoms with Gasteiger partial charge in [0.15, 0.2) is 0 Å². The van der Waals surface area contributed by atoms with E-state index in [-0.39, 0.29) is 6.03 Å². The van der Waals surface area contributed by atoms with E-state index in [1.807, 2.05) is 16.8 Å². The van der Waals surface area contributed by atoms with Gasteiger partial charge in [0.1, 0.15) is 0 Å². The molecule has 0 saturated carbocycles. The second kappa shape index (κ2) is 6.41. The van der Waals surface area contributed by atoms with E-state index in [1.54, 1.807) is 0 Å². The summed E-state index contributed by atoms with van der Waals surface area (Å²) in [5.74, 6) is 0.662. The van der Waals surface area contributed by atoms with E-state index in [4.69, 9.17) is 0 Å². The highest BCUT2D eigenvalue weighted by molar-refractivity contribution is 5.74. The van der Waals surface area contributed by atoms with Gasteiger partial charge in [-0.2, -0.15) is 0 Å². The van der Waals surface area contributed by atoms with Gasteiger partial charge >= 0.3 is 6.03 Å². The number of piperidine rings is 1. The van der Waals surface area contributed by atoms with Gasteiger partial charge in [-0.15, -0.1) is 0 Å². The van der Waals surface area contributed by atoms with Crippen molar-refractivity contribution in [1.82, 2.24) is 14.7 Å². The Kier molecular flexibility index (Phi) is 4.87. The maximum Gasteiger partial charge on any atom is 0.319 e. The summed E-state index contributed by atoms with van der Waals surface area (Å²) >= 11 is 0. The molecule has 0 aromatic heterocycles. The molecule has 2 aliphatic rings. The first-order valence-electron chi connectivity index (χ1n) is 7.39. The lowest BCUT2D eigenvalue weighted by molar-refractivity contribution is 0.135. The lowest BCUT2D eigenvalue weighted by atomic mass is 10.0. The summed E-state index contributed by atoms with van der Waals surface area (Å²) in [6, 6.07) is 0.223. The van der Waals surface area contributed by atoms with E-state index < -0.39 is 0 Å². The molecule has 18 heavy (non-hydrogen) atoms. The molecule has 2 rings (SSSR count). The van der Waals surface area contributed by atoms with Crippen LogP contribution in [0.5, 0.6) is 0 Å². The molecule has 4 heteroatoms. The Morgan fingerprint density at radius 3 is 2.61 bits per heavy atom. The number of urea groups is 1. The molecule has 0 radical (unpaired) electrons. The minimum Gasteiger partial charge on any atom is -0.326 e. The number of nitrogens with zero attached hydrogens (tertiary/aromatic N) is 3. The zero-order valence-electron chi connectivity index (χ0n) is 11.9. The SMILES string of the molecule is CC1CCCN(C(=O)N(C)CCN2CCCC2)C1. The number of rotatable bonds is 3. The number of amides is 2. The van der Waals surface area contributed by atoms with Crippen molar-refractivity contribution < 1.29 is 4.79 Å². The highest BCUT2D eigenvalue weighted by Gasteiger charge is 2.23. The normalized spacial score (nSPS) is 25.4. The van der Waals surface area contributed by atoms with E-state index in [2.05, 4.69) is 11.8 Å². The molecule has 0 bridgehead atoms. The zero-order valence-corrected chi connectivity index (χ0v) is 11.9. The van der Waals surface area contributed by atoms with Crippen molar-refractivity contribution in [3.05, 3.63) is 0 Å². The molecule has 2 heterocycles. The second-order valence-corrected chi connectivity index (χ2v) is 5.95. The average molecular weight is 253 g/mol. The van der Waals surface area contributed by atoms with E-state index in [9.17, 15) is 4.79 Å². The van der Waals surface area contributed by atoms with Gasteiger partial charge in [0.2, 0.25) is 0 Å². The number of carbonyl (C=O) groups is 1. The molecule has 2 fully saturated rings. The van der Waals surface area contributed by atoms with Crippen LogP contribution in [0.1, 0.15) is 32.6 Å². The first-order valence-corrected chi connectivity index (χ1v) is 7.39. The van der Waals surface area contributed by atoms with Crippen LogP contribution in [0.25, 0.3) is 0 Å². The molecule has 2 amide bonds. The smallest absolute Gasteiger partial charge is 0.319 e. The topological polar surface area (TPSA) is 26.8 Å². The lowest BCUT2D eigenvalue weighted by Gasteiger charge is -2.34. The molecule has 0 aromatic carbocycles. The van der Waals surface area contributed by atoms with E-state index in [1.165, 1.54) is 32.4 Å². The molecule has 0 N–H and O–H groups in total. The van der Waals surface area contributed by atoms with Crippen molar-refractivity contribution in [3.8, 4) is 0 Å². The van der Waals surface area contributed by atoms with Crippen molar-refractivity contribution in [1.29, 1.82) is 0 Å². The van der Waals surface area contributed by atoms with E-state index in [0.29, 0.717) is 5.92 Å². The van der Waals surface area contributed by atoms with Crippen LogP contribution in [0.3, 0.4) is 0 Å². The minimum atomic E-state index is 0.223. The maximum absolute atomic E-state index is 12.3. The number of likely N-dealkylation sites (tertiary alicyclic amines) is 2. The van der Waals surface area contributed by atoms with Gasteiger partial charge in [-0.25, -0.2) is 4.79 Å². The first kappa shape index (κ1) is 13.7. The third-order valence-electron chi connectivity index (χ3n) is 4.20. The molecule has 1 atom stereocenters. The molecule has 104 valence electrons. The predicted octanol–water partition coefficient (Wildman–Crippen LogP) is 1.87. The summed E-state index contributed by atoms with van der Waals surface area (Å²) in [6.07, 6.45) is 5.07. The van der Waals surface area contributed by atoms with E-state index in [0.717, 1.165) is 32.6 Å². The van der Waals surface area contributed by atoms with Gasteiger partial charge in [-0.05, 0) is 44.7 Å². The van der Waals surface area contributed by atoms with Crippen LogP contribution >= 0.6 is 0 Å². The van der Waals surface area contributed by atoms with Crippen molar-refractivity contribution in [2.45, 2.75) is 32.6 Å². The Morgan fingerprint density at radius 1 is 1.22 bits per heavy atom. The molecular formula is C14H27N3O. The Bertz CT molecular complexity index is 276. The van der Waals surface area contributed by atoms with Gasteiger partial charge in [-0.1, -0.05) is 6.92 Å². The number of hydrogen-bond acceptors (Lipinski definition) is 2. The Balaban J connectivity index is 1.73. The second-order valence-electron chi connectivity index (χ2n) is 5.95. The molecule has 0 aromatic rings. The zero-order chi connectivity index (χ0) is 13.0. The van der Waals surface area contributed by atoms with Gasteiger partial charge in [0, 0.05) is 33.2 Å². The fourth-order valence-electron chi connectivity index (χ4n) is 3.00. The average Bonchev–Trinajstić information content (AvgIpc) is 2.88. The van der Waals surface area contributed by atoms with Crippen molar-refractivity contribution >= 4 is 6.03 Å². The van der Waals surface area contributed by atoms with Gasteiger partial charge in [0.05, 0.1) is 0 Å². The Morgan fingerprint density at radius 2 is 1.94 bits per heavy atom. The fourth-order valence-corrected chi connectivity index (χ4v) is 3.00. The van der Waals surface area contributed by atoms with Crippen LogP contribution in [0.15, 0.2) is 0 Å². The highest BCUT2D eigenvalue weighted by atomic mass is 16.2. The van der Waals surface area contributed by atoms with Crippen LogP contribution in [-0.4, -0.2) is 67.0 Å². The summed E-state index contributed by atoms with van der Waals surface area (Å²) in [5.41, 5.74) is 0. The van der Waals surface area contributed by atoms with Gasteiger partial charge < -0.3 is 14.7 Å². The standard InChI is InChI=1S/C14H27N3O/c1-13-6-5-9-17(12-13)14(18)15(2)10-11-16-7-3-4-8-16/h13H,3-12H2,1-2H3. The van der Waals surface area contributed by atoms with Crippen LogP contribution < -0.4 is 0 Å². The first-order chi connectivity index (χ1) is 8.66. The quantitative estimate of drug-likeness (QED) is 0.767. The summed E-state index contributed by atoms with van der Waals surface area (Å²) in [7, 11) is 1.94. The van der Waals surface area contributed by atoms with E-state index >= 15 is 0 Å². The van der Waals surface area contributed by atoms with Crippen molar-refractivity contribution in [2.24, 2.45) is 5.92 Å². The maximum atomic E-state index is 12.3. The largest absolute Gasteiger partial charge is 0.326 e. The molecule has 0 spiro atoms. The minimum absolute atomic E-state index is 0.223. The molecule has 2 saturated heterocycles. The van der Waals surface area contributed by atoms with Crippen LogP contribution in [-0.2, 0) is 0 Å². The summed E-state index contributed by atoms with van der Waals surface area (Å²) in [6.45, 7) is 8.44. The predicted molar refractivity (Wildman–Crippen MR) is 73.7 cm³/mol. The van der Waals surface area contributed by atoms with Crippen LogP contribution in [0.4, 0.5) is 4.79 Å². The number of likely N-dealkylation sites (N-methyl/N-ethyl adjacent to an activating group) is 1. The fraction of sp³-hybridized carbons (Fsp3) is 0.929. The molecular weight excluding hydrogens is 226 g/mol. The third-order valence-corrected chi connectivity index (χ3v) is 4.20. The summed E-state index contributed by atoms with van der Waals surface area (Å²) < 4.78 is 0. The number of hydrogen-bond donors (Lipinski definition) is 0. The molecule has 0 aliphatic carbocycles. The number of carbonyl (C=O) groups excluding carboxylic acids is 1. The third kappa shape index (κ3) is 3.61. The summed E-state index contributed by atoms with van der Waals surface area (Å²) in [5, 5.41) is 0. The van der Waals surface area contributed by atoms with Crippen LogP contribution in [0.2, 0.25) is 0 Å². The Hall–Kier alpha value is -0.770. The van der Waals surface area contributed by atoms with Crippen molar-refractivity contribution in [2.75, 3.05) is 46.3 Å². The van der Waals surface area contributed by atoms with Gasteiger partial charge in [0.25, 0.3) is 0 Å². The summed E-state index contributed by atoms with van der Waals surface area (Å²) in [4.78, 5) is 18.7.